The lowest BCUT2D eigenvalue weighted by Crippen LogP contribution is -2.29. The molecule has 1 N–H and O–H groups in total. The van der Waals surface area contributed by atoms with Gasteiger partial charge >= 0.3 is 0 Å². The zero-order valence-corrected chi connectivity index (χ0v) is 17.2. The molecule has 2 aromatic heterocycles. The number of carbonyl (C=O) groups is 2. The minimum Gasteiger partial charge on any atom is -0.354 e. The van der Waals surface area contributed by atoms with E-state index in [0.717, 1.165) is 12.2 Å². The number of ketones is 1. The minimum absolute atomic E-state index is 0.00669. The molecule has 0 radical (unpaired) electrons. The highest BCUT2D eigenvalue weighted by molar-refractivity contribution is 5.96. The largest absolute Gasteiger partial charge is 0.354 e. The zero-order valence-electron chi connectivity index (χ0n) is 17.2. The lowest BCUT2D eigenvalue weighted by Gasteiger charge is -2.15. The van der Waals surface area contributed by atoms with Gasteiger partial charge in [-0.05, 0) is 52.1 Å². The minimum atomic E-state index is -0.110. The summed E-state index contributed by atoms with van der Waals surface area (Å²) in [5.41, 5.74) is 4.56. The van der Waals surface area contributed by atoms with Gasteiger partial charge in [0.05, 0.1) is 17.3 Å². The summed E-state index contributed by atoms with van der Waals surface area (Å²) in [6, 6.07) is 10.3. The number of hydrogen-bond acceptors (Lipinski definition) is 3. The van der Waals surface area contributed by atoms with Gasteiger partial charge in [0, 0.05) is 36.4 Å². The van der Waals surface area contributed by atoms with E-state index in [2.05, 4.69) is 40.1 Å². The molecule has 0 aliphatic carbocycles. The third-order valence-electron chi connectivity index (χ3n) is 5.25. The van der Waals surface area contributed by atoms with E-state index < -0.39 is 0 Å². The Morgan fingerprint density at radius 3 is 2.57 bits per heavy atom. The fourth-order valence-corrected chi connectivity index (χ4v) is 3.98. The fourth-order valence-electron chi connectivity index (χ4n) is 3.98. The second-order valence-electron chi connectivity index (χ2n) is 7.45. The summed E-state index contributed by atoms with van der Waals surface area (Å²) in [7, 11) is 0. The molecule has 0 aliphatic heterocycles. The van der Waals surface area contributed by atoms with Gasteiger partial charge in [-0.25, -0.2) is 0 Å². The molecule has 2 heterocycles. The van der Waals surface area contributed by atoms with E-state index in [0.29, 0.717) is 24.2 Å². The first-order chi connectivity index (χ1) is 13.3. The van der Waals surface area contributed by atoms with Crippen LogP contribution in [-0.2, 0) is 11.3 Å². The molecule has 1 atom stereocenters. The third-order valence-corrected chi connectivity index (χ3v) is 5.25. The number of nitrogens with one attached hydrogen (secondary N) is 1. The van der Waals surface area contributed by atoms with Gasteiger partial charge in [-0.1, -0.05) is 18.2 Å². The van der Waals surface area contributed by atoms with Crippen molar-refractivity contribution >= 4 is 22.6 Å². The van der Waals surface area contributed by atoms with E-state index >= 15 is 0 Å². The van der Waals surface area contributed by atoms with Gasteiger partial charge in [0.15, 0.2) is 5.78 Å². The standard InChI is InChI=1S/C22H28N4O2/c1-14-12-19-8-6-7-9-20(19)25(14)11-10-23-21(28)13-15(2)26-17(4)22(18(5)27)16(3)24-26/h6-9,12,15H,10-11,13H2,1-5H3,(H,23,28). The van der Waals surface area contributed by atoms with Gasteiger partial charge in [0.2, 0.25) is 5.91 Å². The lowest BCUT2D eigenvalue weighted by molar-refractivity contribution is -0.121. The molecule has 28 heavy (non-hydrogen) atoms. The Bertz CT molecular complexity index is 1030. The number of fused-ring (bicyclic) bond motifs is 1. The number of aromatic nitrogens is 3. The summed E-state index contributed by atoms with van der Waals surface area (Å²) in [6.07, 6.45) is 0.324. The summed E-state index contributed by atoms with van der Waals surface area (Å²) in [6.45, 7) is 10.6. The van der Waals surface area contributed by atoms with E-state index in [-0.39, 0.29) is 17.7 Å². The summed E-state index contributed by atoms with van der Waals surface area (Å²) in [4.78, 5) is 24.2. The zero-order chi connectivity index (χ0) is 20.4. The van der Waals surface area contributed by atoms with Gasteiger partial charge in [-0.3, -0.25) is 14.3 Å². The fraction of sp³-hybridized carbons (Fsp3) is 0.409. The number of hydrogen-bond donors (Lipinski definition) is 1. The van der Waals surface area contributed by atoms with E-state index in [1.54, 1.807) is 11.6 Å². The van der Waals surface area contributed by atoms with Crippen LogP contribution in [0.2, 0.25) is 0 Å². The normalized spacial score (nSPS) is 12.3. The predicted molar refractivity (Wildman–Crippen MR) is 111 cm³/mol. The topological polar surface area (TPSA) is 68.9 Å². The van der Waals surface area contributed by atoms with Gasteiger partial charge < -0.3 is 9.88 Å². The van der Waals surface area contributed by atoms with Gasteiger partial charge in [0.1, 0.15) is 0 Å². The Kier molecular flexibility index (Phi) is 5.68. The van der Waals surface area contributed by atoms with E-state index in [9.17, 15) is 9.59 Å². The average molecular weight is 380 g/mol. The highest BCUT2D eigenvalue weighted by Gasteiger charge is 2.20. The van der Waals surface area contributed by atoms with Crippen molar-refractivity contribution in [1.29, 1.82) is 0 Å². The quantitative estimate of drug-likeness (QED) is 0.635. The third kappa shape index (κ3) is 3.86. The molecule has 1 aromatic carbocycles. The number of aryl methyl sites for hydroxylation is 2. The maximum absolute atomic E-state index is 12.4. The van der Waals surface area contributed by atoms with Gasteiger partial charge in [-0.2, -0.15) is 5.10 Å². The molecule has 0 fully saturated rings. The number of Topliss-reactive ketones (excluding diaryl/α,β-unsaturated/α-hetero) is 1. The SMILES string of the molecule is CC(=O)c1c(C)nn(C(C)CC(=O)NCCn2c(C)cc3ccccc32)c1C. The van der Waals surface area contributed by atoms with Crippen LogP contribution >= 0.6 is 0 Å². The molecule has 3 rings (SSSR count). The maximum atomic E-state index is 12.4. The molecule has 1 amide bonds. The molecule has 0 saturated heterocycles. The van der Waals surface area contributed by atoms with Crippen molar-refractivity contribution in [3.63, 3.8) is 0 Å². The molecule has 148 valence electrons. The molecule has 6 heteroatoms. The molecule has 6 nitrogen and oxygen atoms in total. The first kappa shape index (κ1) is 19.9. The predicted octanol–water partition coefficient (Wildman–Crippen LogP) is 3.73. The molecule has 0 spiro atoms. The molecule has 0 bridgehead atoms. The Labute approximate surface area is 165 Å². The van der Waals surface area contributed by atoms with Crippen LogP contribution in [0.5, 0.6) is 0 Å². The number of rotatable bonds is 7. The lowest BCUT2D eigenvalue weighted by atomic mass is 10.1. The highest BCUT2D eigenvalue weighted by Crippen LogP contribution is 2.20. The van der Waals surface area contributed by atoms with Crippen molar-refractivity contribution in [2.24, 2.45) is 0 Å². The van der Waals surface area contributed by atoms with Crippen LogP contribution in [0.3, 0.4) is 0 Å². The number of para-hydroxylation sites is 1. The number of amides is 1. The summed E-state index contributed by atoms with van der Waals surface area (Å²) in [5.74, 6) is -0.00855. The van der Waals surface area contributed by atoms with Crippen LogP contribution in [0.4, 0.5) is 0 Å². The molecule has 0 saturated carbocycles. The highest BCUT2D eigenvalue weighted by atomic mass is 16.1. The molecule has 0 aliphatic rings. The van der Waals surface area contributed by atoms with E-state index in [1.165, 1.54) is 16.6 Å². The Morgan fingerprint density at radius 1 is 1.18 bits per heavy atom. The molecule has 3 aromatic rings. The maximum Gasteiger partial charge on any atom is 0.222 e. The van der Waals surface area contributed by atoms with Crippen molar-refractivity contribution in [2.75, 3.05) is 6.54 Å². The van der Waals surface area contributed by atoms with Crippen LogP contribution in [0.25, 0.3) is 10.9 Å². The van der Waals surface area contributed by atoms with Crippen molar-refractivity contribution in [3.05, 3.63) is 53.0 Å². The summed E-state index contributed by atoms with van der Waals surface area (Å²) < 4.78 is 4.01. The van der Waals surface area contributed by atoms with E-state index in [4.69, 9.17) is 0 Å². The van der Waals surface area contributed by atoms with Crippen molar-refractivity contribution in [2.45, 2.75) is 53.6 Å². The average Bonchev–Trinajstić information content (AvgIpc) is 3.11. The van der Waals surface area contributed by atoms with Crippen molar-refractivity contribution in [1.82, 2.24) is 19.7 Å². The second-order valence-corrected chi connectivity index (χ2v) is 7.45. The van der Waals surface area contributed by atoms with Crippen LogP contribution < -0.4 is 5.32 Å². The molecular weight excluding hydrogens is 352 g/mol. The van der Waals surface area contributed by atoms with Gasteiger partial charge in [-0.15, -0.1) is 0 Å². The van der Waals surface area contributed by atoms with Crippen LogP contribution in [0, 0.1) is 20.8 Å². The van der Waals surface area contributed by atoms with E-state index in [1.807, 2.05) is 32.9 Å². The molecule has 1 unspecified atom stereocenters. The summed E-state index contributed by atoms with van der Waals surface area (Å²) in [5, 5.41) is 8.69. The van der Waals surface area contributed by atoms with Crippen molar-refractivity contribution < 1.29 is 9.59 Å². The van der Waals surface area contributed by atoms with Crippen LogP contribution in [-0.4, -0.2) is 32.6 Å². The Balaban J connectivity index is 1.59. The van der Waals surface area contributed by atoms with Crippen molar-refractivity contribution in [3.8, 4) is 0 Å². The second kappa shape index (κ2) is 8.00. The number of benzene rings is 1. The monoisotopic (exact) mass is 380 g/mol. The molecular formula is C22H28N4O2. The first-order valence-corrected chi connectivity index (χ1v) is 9.67. The summed E-state index contributed by atoms with van der Waals surface area (Å²) >= 11 is 0. The van der Waals surface area contributed by atoms with Crippen LogP contribution in [0.1, 0.15) is 53.7 Å². The number of nitrogens with zero attached hydrogens (tertiary/aromatic N) is 3. The van der Waals surface area contributed by atoms with Crippen LogP contribution in [0.15, 0.2) is 30.3 Å². The van der Waals surface area contributed by atoms with Gasteiger partial charge in [0.25, 0.3) is 0 Å². The Hall–Kier alpha value is -2.89. The Morgan fingerprint density at radius 2 is 1.89 bits per heavy atom. The smallest absolute Gasteiger partial charge is 0.222 e. The first-order valence-electron chi connectivity index (χ1n) is 9.67. The number of carbonyl (C=O) groups excluding carboxylic acids is 2.